The maximum Gasteiger partial charge on any atom is 0.245 e. The Morgan fingerprint density at radius 3 is 2.86 bits per heavy atom. The Hall–Kier alpha value is -2.11. The zero-order valence-electron chi connectivity index (χ0n) is 13.6. The molecular weight excluding hydrogens is 278 g/mol. The summed E-state index contributed by atoms with van der Waals surface area (Å²) in [4.78, 5) is 16.6. The van der Waals surface area contributed by atoms with Crippen molar-refractivity contribution in [3.05, 3.63) is 30.5 Å². The van der Waals surface area contributed by atoms with Crippen LogP contribution in [0.3, 0.4) is 0 Å². The van der Waals surface area contributed by atoms with E-state index in [0.717, 1.165) is 37.3 Å². The number of imidazole rings is 1. The van der Waals surface area contributed by atoms with Crippen LogP contribution >= 0.6 is 0 Å². The first-order chi connectivity index (χ1) is 10.7. The van der Waals surface area contributed by atoms with Crippen LogP contribution in [0.25, 0.3) is 0 Å². The highest BCUT2D eigenvalue weighted by Gasteiger charge is 2.13. The lowest BCUT2D eigenvalue weighted by Gasteiger charge is -2.15. The number of hydrogen-bond acceptors (Lipinski definition) is 3. The highest BCUT2D eigenvalue weighted by atomic mass is 16.2. The number of aromatic nitrogens is 4. The Balaban J connectivity index is 2.00. The van der Waals surface area contributed by atoms with Gasteiger partial charge in [0.2, 0.25) is 5.91 Å². The van der Waals surface area contributed by atoms with Crippen molar-refractivity contribution in [3.8, 4) is 0 Å². The first-order valence-corrected chi connectivity index (χ1v) is 7.99. The van der Waals surface area contributed by atoms with Gasteiger partial charge in [0, 0.05) is 24.9 Å². The third kappa shape index (κ3) is 3.96. The van der Waals surface area contributed by atoms with Crippen molar-refractivity contribution in [1.29, 1.82) is 0 Å². The molecule has 0 aliphatic carbocycles. The van der Waals surface area contributed by atoms with Crippen LogP contribution in [-0.4, -0.2) is 25.2 Å². The van der Waals surface area contributed by atoms with Gasteiger partial charge in [-0.3, -0.25) is 4.79 Å². The Morgan fingerprint density at radius 2 is 2.14 bits per heavy atom. The Labute approximate surface area is 131 Å². The van der Waals surface area contributed by atoms with Crippen LogP contribution in [0.15, 0.2) is 24.7 Å². The third-order valence-corrected chi connectivity index (χ3v) is 3.65. The summed E-state index contributed by atoms with van der Waals surface area (Å²) >= 11 is 0. The lowest BCUT2D eigenvalue weighted by molar-refractivity contribution is -0.116. The maximum atomic E-state index is 12.3. The van der Waals surface area contributed by atoms with Gasteiger partial charge in [-0.15, -0.1) is 0 Å². The number of hydrogen-bond donors (Lipinski definition) is 1. The monoisotopic (exact) mass is 303 g/mol. The smallest absolute Gasteiger partial charge is 0.245 e. The Kier molecular flexibility index (Phi) is 5.75. The molecule has 0 spiro atoms. The second-order valence-corrected chi connectivity index (χ2v) is 5.57. The molecule has 0 saturated carbocycles. The molecule has 0 aliphatic heterocycles. The van der Waals surface area contributed by atoms with E-state index in [1.54, 1.807) is 12.4 Å². The number of aryl methyl sites for hydroxylation is 1. The molecule has 1 unspecified atom stereocenters. The summed E-state index contributed by atoms with van der Waals surface area (Å²) < 4.78 is 3.78. The number of anilines is 1. The number of carbonyl (C=O) groups is 1. The van der Waals surface area contributed by atoms with Crippen LogP contribution in [0.5, 0.6) is 0 Å². The van der Waals surface area contributed by atoms with Gasteiger partial charge in [-0.1, -0.05) is 20.3 Å². The summed E-state index contributed by atoms with van der Waals surface area (Å²) in [6, 6.07) is 2.12. The van der Waals surface area contributed by atoms with E-state index in [1.165, 1.54) is 0 Å². The zero-order chi connectivity index (χ0) is 15.9. The summed E-state index contributed by atoms with van der Waals surface area (Å²) in [7, 11) is 0. The van der Waals surface area contributed by atoms with Crippen molar-refractivity contribution in [2.45, 2.75) is 59.0 Å². The molecule has 2 rings (SSSR count). The van der Waals surface area contributed by atoms with Gasteiger partial charge in [-0.2, -0.15) is 5.10 Å². The average Bonchev–Trinajstić information content (AvgIpc) is 3.10. The van der Waals surface area contributed by atoms with Crippen LogP contribution in [0.1, 0.15) is 51.9 Å². The Morgan fingerprint density at radius 1 is 1.32 bits per heavy atom. The van der Waals surface area contributed by atoms with E-state index < -0.39 is 0 Å². The van der Waals surface area contributed by atoms with E-state index in [2.05, 4.69) is 36.2 Å². The van der Waals surface area contributed by atoms with Crippen LogP contribution in [0.4, 0.5) is 5.82 Å². The lowest BCUT2D eigenvalue weighted by Crippen LogP contribution is -2.22. The zero-order valence-corrected chi connectivity index (χ0v) is 13.6. The van der Waals surface area contributed by atoms with Gasteiger partial charge in [0.1, 0.15) is 18.2 Å². The molecule has 0 saturated heterocycles. The number of carbonyl (C=O) groups excluding carboxylic acids is 1. The molecule has 120 valence electrons. The fourth-order valence-electron chi connectivity index (χ4n) is 2.58. The number of amides is 1. The van der Waals surface area contributed by atoms with Crippen molar-refractivity contribution < 1.29 is 4.79 Å². The van der Waals surface area contributed by atoms with Gasteiger partial charge >= 0.3 is 0 Å². The van der Waals surface area contributed by atoms with Gasteiger partial charge in [0.15, 0.2) is 0 Å². The third-order valence-electron chi connectivity index (χ3n) is 3.65. The second kappa shape index (κ2) is 7.77. The number of nitrogens with zero attached hydrogens (tertiary/aromatic N) is 4. The molecule has 2 aromatic rings. The molecular formula is C16H25N5O. The highest BCUT2D eigenvalue weighted by Crippen LogP contribution is 2.18. The van der Waals surface area contributed by atoms with Gasteiger partial charge in [0.05, 0.1) is 12.2 Å². The van der Waals surface area contributed by atoms with Gasteiger partial charge < -0.3 is 9.88 Å². The van der Waals surface area contributed by atoms with Crippen molar-refractivity contribution >= 4 is 11.7 Å². The summed E-state index contributed by atoms with van der Waals surface area (Å²) in [5.74, 6) is 1.65. The minimum absolute atomic E-state index is 0.0548. The first-order valence-electron chi connectivity index (χ1n) is 7.99. The van der Waals surface area contributed by atoms with Crippen molar-refractivity contribution in [2.24, 2.45) is 0 Å². The molecule has 0 bridgehead atoms. The topological polar surface area (TPSA) is 64.7 Å². The Bertz CT molecular complexity index is 601. The summed E-state index contributed by atoms with van der Waals surface area (Å²) in [5.41, 5.74) is 0. The van der Waals surface area contributed by atoms with E-state index in [4.69, 9.17) is 0 Å². The SMILES string of the molecule is CCCc1nccn1CC(=O)Nc1ccnn1C(C)CCC. The predicted octanol–water partition coefficient (Wildman–Crippen LogP) is 3.03. The maximum absolute atomic E-state index is 12.3. The molecule has 0 aromatic carbocycles. The summed E-state index contributed by atoms with van der Waals surface area (Å²) in [6.45, 7) is 6.64. The summed E-state index contributed by atoms with van der Waals surface area (Å²) in [5, 5.41) is 7.26. The van der Waals surface area contributed by atoms with Crippen LogP contribution in [-0.2, 0) is 17.8 Å². The molecule has 1 amide bonds. The second-order valence-electron chi connectivity index (χ2n) is 5.57. The standard InChI is InChI=1S/C16H25N5O/c1-4-6-13(3)21-15(8-9-18-21)19-16(22)12-20-11-10-17-14(20)7-5-2/h8-11,13H,4-7,12H2,1-3H3,(H,19,22). The molecule has 2 aromatic heterocycles. The van der Waals surface area contributed by atoms with Gasteiger partial charge in [0.25, 0.3) is 0 Å². The molecule has 1 N–H and O–H groups in total. The summed E-state index contributed by atoms with van der Waals surface area (Å²) in [6.07, 6.45) is 9.33. The van der Waals surface area contributed by atoms with Crippen molar-refractivity contribution in [1.82, 2.24) is 19.3 Å². The molecule has 22 heavy (non-hydrogen) atoms. The predicted molar refractivity (Wildman–Crippen MR) is 86.7 cm³/mol. The molecule has 0 radical (unpaired) electrons. The fraction of sp³-hybridized carbons (Fsp3) is 0.562. The molecule has 0 fully saturated rings. The first kappa shape index (κ1) is 16.3. The highest BCUT2D eigenvalue weighted by molar-refractivity contribution is 5.89. The van der Waals surface area contributed by atoms with Gasteiger partial charge in [-0.05, 0) is 19.8 Å². The van der Waals surface area contributed by atoms with Gasteiger partial charge in [-0.25, -0.2) is 9.67 Å². The lowest BCUT2D eigenvalue weighted by atomic mass is 10.2. The van der Waals surface area contributed by atoms with E-state index in [9.17, 15) is 4.79 Å². The van der Waals surface area contributed by atoms with E-state index >= 15 is 0 Å². The van der Waals surface area contributed by atoms with Crippen LogP contribution in [0.2, 0.25) is 0 Å². The molecule has 0 aliphatic rings. The number of rotatable bonds is 8. The van der Waals surface area contributed by atoms with Crippen molar-refractivity contribution in [2.75, 3.05) is 5.32 Å². The molecule has 2 heterocycles. The largest absolute Gasteiger partial charge is 0.326 e. The quantitative estimate of drug-likeness (QED) is 0.815. The van der Waals surface area contributed by atoms with E-state index in [1.807, 2.05) is 21.5 Å². The van der Waals surface area contributed by atoms with Crippen molar-refractivity contribution in [3.63, 3.8) is 0 Å². The number of nitrogens with one attached hydrogen (secondary N) is 1. The minimum Gasteiger partial charge on any atom is -0.326 e. The van der Waals surface area contributed by atoms with E-state index in [-0.39, 0.29) is 18.5 Å². The van der Waals surface area contributed by atoms with E-state index in [0.29, 0.717) is 0 Å². The molecule has 6 heteroatoms. The normalized spacial score (nSPS) is 12.3. The molecule has 1 atom stereocenters. The van der Waals surface area contributed by atoms with Crippen LogP contribution in [0, 0.1) is 0 Å². The van der Waals surface area contributed by atoms with Crippen LogP contribution < -0.4 is 5.32 Å². The fourth-order valence-corrected chi connectivity index (χ4v) is 2.58. The molecule has 6 nitrogen and oxygen atoms in total. The average molecular weight is 303 g/mol. The minimum atomic E-state index is -0.0548.